The van der Waals surface area contributed by atoms with Gasteiger partial charge in [-0.1, -0.05) is 48.7 Å². The van der Waals surface area contributed by atoms with Gasteiger partial charge in [0.1, 0.15) is 0 Å². The van der Waals surface area contributed by atoms with E-state index in [0.717, 1.165) is 59.0 Å². The minimum atomic E-state index is 0.123. The van der Waals surface area contributed by atoms with Crippen LogP contribution in [0, 0.1) is 0 Å². The van der Waals surface area contributed by atoms with E-state index in [1.54, 1.807) is 16.3 Å². The minimum Gasteiger partial charge on any atom is -0.291 e. The maximum Gasteiger partial charge on any atom is 0.257 e. The SMILES string of the molecule is C=C(CSc1nc2c(c(=O)n1C)CCCC2)c1ccccc1. The number of thioether (sulfide) groups is 1. The number of aryl methyl sites for hydroxylation is 1. The second-order valence-electron chi connectivity index (χ2n) is 5.65. The van der Waals surface area contributed by atoms with E-state index in [4.69, 9.17) is 4.98 Å². The molecule has 0 saturated carbocycles. The molecule has 1 aromatic heterocycles. The molecule has 1 aromatic carbocycles. The van der Waals surface area contributed by atoms with Crippen LogP contribution in [0.4, 0.5) is 0 Å². The molecule has 4 heteroatoms. The summed E-state index contributed by atoms with van der Waals surface area (Å²) in [6.45, 7) is 4.14. The van der Waals surface area contributed by atoms with Gasteiger partial charge in [0, 0.05) is 18.4 Å². The average Bonchev–Trinajstić information content (AvgIpc) is 2.57. The molecule has 3 nitrogen and oxygen atoms in total. The third-order valence-corrected chi connectivity index (χ3v) is 5.19. The third kappa shape index (κ3) is 3.02. The van der Waals surface area contributed by atoms with Gasteiger partial charge in [-0.25, -0.2) is 4.98 Å². The van der Waals surface area contributed by atoms with Gasteiger partial charge in [-0.15, -0.1) is 0 Å². The first kappa shape index (κ1) is 15.1. The molecule has 0 radical (unpaired) electrons. The van der Waals surface area contributed by atoms with Crippen LogP contribution in [0.3, 0.4) is 0 Å². The van der Waals surface area contributed by atoms with Crippen molar-refractivity contribution in [1.29, 1.82) is 0 Å². The summed E-state index contributed by atoms with van der Waals surface area (Å²) in [4.78, 5) is 17.2. The first-order valence-corrected chi connectivity index (χ1v) is 8.60. The number of nitrogens with zero attached hydrogens (tertiary/aromatic N) is 2. The molecular weight excluding hydrogens is 292 g/mol. The van der Waals surface area contributed by atoms with Crippen molar-refractivity contribution in [2.24, 2.45) is 7.05 Å². The summed E-state index contributed by atoms with van der Waals surface area (Å²) >= 11 is 1.59. The van der Waals surface area contributed by atoms with Crippen molar-refractivity contribution in [1.82, 2.24) is 9.55 Å². The highest BCUT2D eigenvalue weighted by Gasteiger charge is 2.18. The van der Waals surface area contributed by atoms with E-state index in [2.05, 4.69) is 18.7 Å². The highest BCUT2D eigenvalue weighted by Crippen LogP contribution is 2.24. The fourth-order valence-electron chi connectivity index (χ4n) is 2.76. The number of fused-ring (bicyclic) bond motifs is 1. The molecule has 0 N–H and O–H groups in total. The van der Waals surface area contributed by atoms with Gasteiger partial charge in [0.2, 0.25) is 0 Å². The normalized spacial score (nSPS) is 13.7. The average molecular weight is 312 g/mol. The zero-order valence-electron chi connectivity index (χ0n) is 12.8. The Labute approximate surface area is 135 Å². The lowest BCUT2D eigenvalue weighted by molar-refractivity contribution is 0.600. The van der Waals surface area contributed by atoms with E-state index in [0.29, 0.717) is 0 Å². The Kier molecular flexibility index (Phi) is 4.48. The zero-order valence-corrected chi connectivity index (χ0v) is 13.7. The molecule has 1 heterocycles. The Balaban J connectivity index is 1.80. The van der Waals surface area contributed by atoms with Gasteiger partial charge in [-0.2, -0.15) is 0 Å². The highest BCUT2D eigenvalue weighted by atomic mass is 32.2. The van der Waals surface area contributed by atoms with E-state index >= 15 is 0 Å². The second kappa shape index (κ2) is 6.53. The number of aromatic nitrogens is 2. The predicted molar refractivity (Wildman–Crippen MR) is 92.3 cm³/mol. The van der Waals surface area contributed by atoms with Gasteiger partial charge >= 0.3 is 0 Å². The first-order chi connectivity index (χ1) is 10.7. The summed E-state index contributed by atoms with van der Waals surface area (Å²) in [6, 6.07) is 10.1. The van der Waals surface area contributed by atoms with Crippen LogP contribution in [0.15, 0.2) is 46.9 Å². The van der Waals surface area contributed by atoms with Crippen LogP contribution in [-0.4, -0.2) is 15.3 Å². The second-order valence-corrected chi connectivity index (χ2v) is 6.59. The van der Waals surface area contributed by atoms with Gasteiger partial charge in [-0.05, 0) is 36.8 Å². The number of benzene rings is 1. The molecule has 2 aromatic rings. The van der Waals surface area contributed by atoms with Crippen molar-refractivity contribution in [3.8, 4) is 0 Å². The molecule has 22 heavy (non-hydrogen) atoms. The summed E-state index contributed by atoms with van der Waals surface area (Å²) in [5, 5.41) is 0.794. The number of hydrogen-bond acceptors (Lipinski definition) is 3. The standard InChI is InChI=1S/C18H20N2OS/c1-13(14-8-4-3-5-9-14)12-22-18-19-16-11-7-6-10-15(16)17(21)20(18)2/h3-5,8-9H,1,6-7,10-12H2,2H3. The maximum absolute atomic E-state index is 12.4. The Bertz CT molecular complexity index is 750. The lowest BCUT2D eigenvalue weighted by Gasteiger charge is -2.17. The summed E-state index contributed by atoms with van der Waals surface area (Å²) in [5.41, 5.74) is 4.23. The number of rotatable bonds is 4. The molecule has 0 fully saturated rings. The van der Waals surface area contributed by atoms with E-state index < -0.39 is 0 Å². The van der Waals surface area contributed by atoms with Crippen molar-refractivity contribution in [3.05, 3.63) is 64.1 Å². The largest absolute Gasteiger partial charge is 0.291 e. The molecule has 114 valence electrons. The fraction of sp³-hybridized carbons (Fsp3) is 0.333. The van der Waals surface area contributed by atoms with Crippen LogP contribution in [0.1, 0.15) is 29.7 Å². The first-order valence-electron chi connectivity index (χ1n) is 7.61. The molecule has 0 amide bonds. The lowest BCUT2D eigenvalue weighted by Crippen LogP contribution is -2.28. The van der Waals surface area contributed by atoms with Crippen molar-refractivity contribution >= 4 is 17.3 Å². The molecule has 1 aliphatic carbocycles. The molecule has 0 bridgehead atoms. The predicted octanol–water partition coefficient (Wildman–Crippen LogP) is 3.46. The summed E-state index contributed by atoms with van der Waals surface area (Å²) in [7, 11) is 1.82. The Morgan fingerprint density at radius 3 is 2.77 bits per heavy atom. The molecule has 0 unspecified atom stereocenters. The topological polar surface area (TPSA) is 34.9 Å². The van der Waals surface area contributed by atoms with E-state index in [1.165, 1.54) is 0 Å². The molecule has 0 spiro atoms. The van der Waals surface area contributed by atoms with Crippen molar-refractivity contribution in [3.63, 3.8) is 0 Å². The molecular formula is C18H20N2OS. The van der Waals surface area contributed by atoms with Gasteiger partial charge < -0.3 is 0 Å². The summed E-state index contributed by atoms with van der Waals surface area (Å²) < 4.78 is 1.69. The molecule has 3 rings (SSSR count). The lowest BCUT2D eigenvalue weighted by atomic mass is 9.97. The fourth-order valence-corrected chi connectivity index (χ4v) is 3.68. The van der Waals surface area contributed by atoms with Crippen molar-refractivity contribution in [2.45, 2.75) is 30.8 Å². The molecule has 0 aliphatic heterocycles. The van der Waals surface area contributed by atoms with Gasteiger partial charge in [0.05, 0.1) is 5.69 Å². The van der Waals surface area contributed by atoms with Crippen LogP contribution in [0.25, 0.3) is 5.57 Å². The maximum atomic E-state index is 12.4. The van der Waals surface area contributed by atoms with Crippen LogP contribution in [-0.2, 0) is 19.9 Å². The Morgan fingerprint density at radius 2 is 2.00 bits per heavy atom. The van der Waals surface area contributed by atoms with Gasteiger partial charge in [0.25, 0.3) is 5.56 Å². The van der Waals surface area contributed by atoms with Crippen LogP contribution in [0.5, 0.6) is 0 Å². The molecule has 1 aliphatic rings. The Hall–Kier alpha value is -1.81. The Morgan fingerprint density at radius 1 is 1.27 bits per heavy atom. The summed E-state index contributed by atoms with van der Waals surface area (Å²) in [6.07, 6.45) is 4.03. The minimum absolute atomic E-state index is 0.123. The quantitative estimate of drug-likeness (QED) is 0.640. The van der Waals surface area contributed by atoms with E-state index in [9.17, 15) is 4.79 Å². The van der Waals surface area contributed by atoms with Crippen LogP contribution < -0.4 is 5.56 Å². The monoisotopic (exact) mass is 312 g/mol. The highest BCUT2D eigenvalue weighted by molar-refractivity contribution is 7.99. The number of hydrogen-bond donors (Lipinski definition) is 0. The van der Waals surface area contributed by atoms with Gasteiger partial charge in [-0.3, -0.25) is 9.36 Å². The van der Waals surface area contributed by atoms with E-state index in [-0.39, 0.29) is 5.56 Å². The van der Waals surface area contributed by atoms with Crippen LogP contribution >= 0.6 is 11.8 Å². The zero-order chi connectivity index (χ0) is 15.5. The molecule has 0 saturated heterocycles. The molecule has 0 atom stereocenters. The van der Waals surface area contributed by atoms with Crippen LogP contribution in [0.2, 0.25) is 0 Å². The van der Waals surface area contributed by atoms with E-state index in [1.807, 2.05) is 25.2 Å². The smallest absolute Gasteiger partial charge is 0.257 e. The van der Waals surface area contributed by atoms with Crippen molar-refractivity contribution < 1.29 is 0 Å². The summed E-state index contributed by atoms with van der Waals surface area (Å²) in [5.74, 6) is 0.739. The third-order valence-electron chi connectivity index (χ3n) is 4.08. The van der Waals surface area contributed by atoms with Crippen molar-refractivity contribution in [2.75, 3.05) is 5.75 Å². The van der Waals surface area contributed by atoms with Gasteiger partial charge in [0.15, 0.2) is 5.16 Å².